The number of nitro groups is 1. The minimum absolute atomic E-state index is 0.0350. The van der Waals surface area contributed by atoms with Gasteiger partial charge in [0.15, 0.2) is 5.76 Å². The number of anilines is 2. The first-order valence-electron chi connectivity index (χ1n) is 10.2. The molecule has 0 aliphatic carbocycles. The maximum atomic E-state index is 12.7. The molecule has 178 valence electrons. The molecule has 0 atom stereocenters. The smallest absolute Gasteiger partial charge is 0.291 e. The Kier molecular flexibility index (Phi) is 6.30. The summed E-state index contributed by atoms with van der Waals surface area (Å²) in [5.74, 6) is -0.536. The number of hydrogen-bond donors (Lipinski definition) is 2. The quantitative estimate of drug-likeness (QED) is 0.285. The average Bonchev–Trinajstić information content (AvgIpc) is 3.29. The highest BCUT2D eigenvalue weighted by Crippen LogP contribution is 2.31. The van der Waals surface area contributed by atoms with E-state index < -0.39 is 20.9 Å². The number of carbonyl (C=O) groups excluding carboxylic acids is 1. The molecular formula is C23H19N5O6S. The number of benzene rings is 2. The van der Waals surface area contributed by atoms with Gasteiger partial charge in [0, 0.05) is 23.1 Å². The summed E-state index contributed by atoms with van der Waals surface area (Å²) in [5, 5.41) is 13.8. The van der Waals surface area contributed by atoms with Crippen molar-refractivity contribution in [3.05, 3.63) is 94.0 Å². The molecule has 4 aromatic rings. The number of nitrogens with zero attached hydrogens (tertiary/aromatic N) is 3. The van der Waals surface area contributed by atoms with Crippen LogP contribution in [0.25, 0.3) is 11.3 Å². The van der Waals surface area contributed by atoms with Gasteiger partial charge in [0.1, 0.15) is 5.76 Å². The molecule has 2 heterocycles. The molecule has 0 radical (unpaired) electrons. The molecule has 0 aliphatic rings. The van der Waals surface area contributed by atoms with E-state index in [0.29, 0.717) is 17.1 Å². The first kappa shape index (κ1) is 23.6. The Morgan fingerprint density at radius 2 is 1.63 bits per heavy atom. The van der Waals surface area contributed by atoms with Gasteiger partial charge in [-0.3, -0.25) is 14.9 Å². The van der Waals surface area contributed by atoms with Crippen LogP contribution >= 0.6 is 0 Å². The van der Waals surface area contributed by atoms with Crippen molar-refractivity contribution in [1.29, 1.82) is 0 Å². The summed E-state index contributed by atoms with van der Waals surface area (Å²) in [6.45, 7) is 3.46. The molecule has 12 heteroatoms. The van der Waals surface area contributed by atoms with Gasteiger partial charge in [0.05, 0.1) is 15.4 Å². The van der Waals surface area contributed by atoms with Crippen molar-refractivity contribution in [3.8, 4) is 11.3 Å². The number of sulfonamides is 1. The summed E-state index contributed by atoms with van der Waals surface area (Å²) in [6, 6.07) is 16.1. The molecule has 2 aromatic carbocycles. The van der Waals surface area contributed by atoms with Crippen LogP contribution in [0.3, 0.4) is 0 Å². The number of aromatic nitrogens is 2. The highest BCUT2D eigenvalue weighted by molar-refractivity contribution is 7.92. The zero-order chi connectivity index (χ0) is 25.2. The van der Waals surface area contributed by atoms with Gasteiger partial charge in [-0.15, -0.1) is 0 Å². The number of amides is 1. The Morgan fingerprint density at radius 1 is 0.971 bits per heavy atom. The molecule has 11 nitrogen and oxygen atoms in total. The topological polar surface area (TPSA) is 157 Å². The van der Waals surface area contributed by atoms with Crippen molar-refractivity contribution in [2.75, 3.05) is 10.0 Å². The minimum Gasteiger partial charge on any atom is -0.451 e. The number of para-hydroxylation sites is 1. The SMILES string of the molecule is Cc1cc(C)nc(NS(=O)(=O)c2ccc(NC(=O)c3ccc(-c4ccccc4[N+](=O)[O-])o3)cc2)n1. The number of carbonyl (C=O) groups is 1. The summed E-state index contributed by atoms with van der Waals surface area (Å²) in [7, 11) is -3.94. The Morgan fingerprint density at radius 3 is 2.29 bits per heavy atom. The second-order valence-corrected chi connectivity index (χ2v) is 9.18. The first-order chi connectivity index (χ1) is 16.6. The predicted octanol–water partition coefficient (Wildman–Crippen LogP) is 4.31. The van der Waals surface area contributed by atoms with Crippen LogP contribution in [0.5, 0.6) is 0 Å². The van der Waals surface area contributed by atoms with E-state index in [4.69, 9.17) is 4.42 Å². The van der Waals surface area contributed by atoms with Gasteiger partial charge in [-0.2, -0.15) is 0 Å². The third kappa shape index (κ3) is 5.33. The fourth-order valence-corrected chi connectivity index (χ4v) is 4.25. The van der Waals surface area contributed by atoms with Crippen LogP contribution in [0.4, 0.5) is 17.3 Å². The Hall–Kier alpha value is -4.58. The second-order valence-electron chi connectivity index (χ2n) is 7.50. The van der Waals surface area contributed by atoms with Crippen LogP contribution in [0.15, 0.2) is 76.0 Å². The lowest BCUT2D eigenvalue weighted by molar-refractivity contribution is -0.384. The second kappa shape index (κ2) is 9.35. The molecule has 4 rings (SSSR count). The molecule has 0 aliphatic heterocycles. The largest absolute Gasteiger partial charge is 0.451 e. The summed E-state index contributed by atoms with van der Waals surface area (Å²) >= 11 is 0. The monoisotopic (exact) mass is 493 g/mol. The molecule has 0 unspecified atom stereocenters. The minimum atomic E-state index is -3.94. The number of aryl methyl sites for hydroxylation is 2. The number of nitro benzene ring substituents is 1. The predicted molar refractivity (Wildman–Crippen MR) is 128 cm³/mol. The van der Waals surface area contributed by atoms with Gasteiger partial charge in [-0.05, 0) is 62.4 Å². The molecular weight excluding hydrogens is 474 g/mol. The fraction of sp³-hybridized carbons (Fsp3) is 0.0870. The van der Waals surface area contributed by atoms with Crippen LogP contribution in [0.1, 0.15) is 21.9 Å². The average molecular weight is 494 g/mol. The van der Waals surface area contributed by atoms with Crippen LogP contribution in [0, 0.1) is 24.0 Å². The molecule has 1 amide bonds. The van der Waals surface area contributed by atoms with Crippen molar-refractivity contribution in [2.24, 2.45) is 0 Å². The zero-order valence-electron chi connectivity index (χ0n) is 18.6. The molecule has 0 saturated carbocycles. The third-order valence-electron chi connectivity index (χ3n) is 4.83. The van der Waals surface area contributed by atoms with Gasteiger partial charge in [-0.25, -0.2) is 23.1 Å². The number of nitrogens with one attached hydrogen (secondary N) is 2. The number of furan rings is 1. The normalized spacial score (nSPS) is 11.1. The summed E-state index contributed by atoms with van der Waals surface area (Å²) in [5.41, 5.74) is 1.66. The zero-order valence-corrected chi connectivity index (χ0v) is 19.4. The van der Waals surface area contributed by atoms with Crippen molar-refractivity contribution >= 4 is 33.3 Å². The summed E-state index contributed by atoms with van der Waals surface area (Å²) < 4.78 is 33.2. The van der Waals surface area contributed by atoms with Crippen LogP contribution < -0.4 is 10.0 Å². The van der Waals surface area contributed by atoms with E-state index in [0.717, 1.165) is 0 Å². The first-order valence-corrected chi connectivity index (χ1v) is 11.7. The third-order valence-corrected chi connectivity index (χ3v) is 6.17. The molecule has 2 aromatic heterocycles. The number of rotatable bonds is 7. The Bertz CT molecular complexity index is 1510. The van der Waals surface area contributed by atoms with Crippen LogP contribution in [0.2, 0.25) is 0 Å². The maximum Gasteiger partial charge on any atom is 0.291 e. The molecule has 2 N–H and O–H groups in total. The van der Waals surface area contributed by atoms with Gasteiger partial charge < -0.3 is 9.73 Å². The molecule has 0 saturated heterocycles. The van der Waals surface area contributed by atoms with E-state index in [1.165, 1.54) is 54.6 Å². The molecule has 0 spiro atoms. The van der Waals surface area contributed by atoms with Crippen molar-refractivity contribution < 1.29 is 22.6 Å². The van der Waals surface area contributed by atoms with Gasteiger partial charge in [-0.1, -0.05) is 12.1 Å². The molecule has 35 heavy (non-hydrogen) atoms. The van der Waals surface area contributed by atoms with Gasteiger partial charge >= 0.3 is 0 Å². The van der Waals surface area contributed by atoms with E-state index in [2.05, 4.69) is 20.0 Å². The fourth-order valence-electron chi connectivity index (χ4n) is 3.31. The lowest BCUT2D eigenvalue weighted by Gasteiger charge is -2.09. The lowest BCUT2D eigenvalue weighted by atomic mass is 10.1. The van der Waals surface area contributed by atoms with E-state index in [-0.39, 0.29) is 33.6 Å². The molecule has 0 bridgehead atoms. The maximum absolute atomic E-state index is 12.7. The van der Waals surface area contributed by atoms with Crippen LogP contribution in [-0.2, 0) is 10.0 Å². The van der Waals surface area contributed by atoms with E-state index in [9.17, 15) is 23.3 Å². The Labute approximate surface area is 200 Å². The van der Waals surface area contributed by atoms with Gasteiger partial charge in [0.2, 0.25) is 5.95 Å². The highest BCUT2D eigenvalue weighted by atomic mass is 32.2. The van der Waals surface area contributed by atoms with Crippen LogP contribution in [-0.4, -0.2) is 29.2 Å². The molecule has 0 fully saturated rings. The van der Waals surface area contributed by atoms with E-state index >= 15 is 0 Å². The highest BCUT2D eigenvalue weighted by Gasteiger charge is 2.20. The summed E-state index contributed by atoms with van der Waals surface area (Å²) in [6.07, 6.45) is 0. The lowest BCUT2D eigenvalue weighted by Crippen LogP contribution is -2.16. The summed E-state index contributed by atoms with van der Waals surface area (Å²) in [4.78, 5) is 31.4. The van der Waals surface area contributed by atoms with Gasteiger partial charge in [0.25, 0.3) is 21.6 Å². The number of hydrogen-bond acceptors (Lipinski definition) is 8. The Balaban J connectivity index is 1.47. The van der Waals surface area contributed by atoms with Crippen molar-refractivity contribution in [3.63, 3.8) is 0 Å². The van der Waals surface area contributed by atoms with Crippen molar-refractivity contribution in [1.82, 2.24) is 9.97 Å². The van der Waals surface area contributed by atoms with E-state index in [1.807, 2.05) is 0 Å². The van der Waals surface area contributed by atoms with Crippen molar-refractivity contribution in [2.45, 2.75) is 18.7 Å². The standard InChI is InChI=1S/C23H19N5O6S/c1-14-13-15(2)25-23(24-14)27-35(32,33)17-9-7-16(8-10-17)26-22(29)21-12-11-20(34-21)18-5-3-4-6-19(18)28(30)31/h3-13H,1-2H3,(H,26,29)(H,24,25,27). The van der Waals surface area contributed by atoms with E-state index in [1.54, 1.807) is 26.0 Å².